The fourth-order valence-electron chi connectivity index (χ4n) is 2.56. The molecule has 0 radical (unpaired) electrons. The molecule has 1 aliphatic rings. The average molecular weight is 531 g/mol. The second kappa shape index (κ2) is 9.87. The van der Waals surface area contributed by atoms with Crippen LogP contribution in [0.1, 0.15) is 11.1 Å². The van der Waals surface area contributed by atoms with Crippen molar-refractivity contribution >= 4 is 74.1 Å². The summed E-state index contributed by atoms with van der Waals surface area (Å²) in [6.07, 6.45) is 1.55. The first-order chi connectivity index (χ1) is 14.3. The van der Waals surface area contributed by atoms with Gasteiger partial charge in [0.1, 0.15) is 5.75 Å². The first-order valence-electron chi connectivity index (χ1n) is 8.47. The maximum Gasteiger partial charge on any atom is 0.343 e. The number of amides is 2. The van der Waals surface area contributed by atoms with E-state index in [1.807, 2.05) is 0 Å². The van der Waals surface area contributed by atoms with Gasteiger partial charge in [0.25, 0.3) is 11.1 Å². The number of thioether (sulfide) groups is 1. The lowest BCUT2D eigenvalue weighted by Crippen LogP contribution is -2.27. The van der Waals surface area contributed by atoms with Gasteiger partial charge in [0.15, 0.2) is 6.61 Å². The molecule has 30 heavy (non-hydrogen) atoms. The summed E-state index contributed by atoms with van der Waals surface area (Å²) in [5.74, 6) is -0.597. The number of carbonyl (C=O) groups is 3. The first kappa shape index (κ1) is 22.7. The SMILES string of the molecule is COC(=O)COc1ccc(Br)cc1/C=C1/SC(=O)N(Cc2ccc(Cl)c(Cl)c2)C1=O. The van der Waals surface area contributed by atoms with Crippen LogP contribution in [-0.2, 0) is 20.9 Å². The van der Waals surface area contributed by atoms with Crippen molar-refractivity contribution in [3.8, 4) is 5.75 Å². The molecule has 2 aromatic rings. The van der Waals surface area contributed by atoms with E-state index < -0.39 is 17.1 Å². The molecule has 0 spiro atoms. The highest BCUT2D eigenvalue weighted by atomic mass is 79.9. The molecule has 0 aliphatic carbocycles. The van der Waals surface area contributed by atoms with Crippen molar-refractivity contribution in [2.45, 2.75) is 6.54 Å². The van der Waals surface area contributed by atoms with Crippen molar-refractivity contribution in [1.82, 2.24) is 4.90 Å². The highest BCUT2D eigenvalue weighted by Gasteiger charge is 2.35. The number of benzene rings is 2. The van der Waals surface area contributed by atoms with Gasteiger partial charge >= 0.3 is 5.97 Å². The van der Waals surface area contributed by atoms with Crippen LogP contribution in [0.25, 0.3) is 6.08 Å². The number of halogens is 3. The number of hydrogen-bond donors (Lipinski definition) is 0. The van der Waals surface area contributed by atoms with Gasteiger partial charge in [0, 0.05) is 10.0 Å². The van der Waals surface area contributed by atoms with Crippen LogP contribution in [0.2, 0.25) is 10.0 Å². The van der Waals surface area contributed by atoms with Gasteiger partial charge in [0.2, 0.25) is 0 Å². The second-order valence-corrected chi connectivity index (χ2v) is 8.79. The monoisotopic (exact) mass is 529 g/mol. The molecule has 0 N–H and O–H groups in total. The third-order valence-electron chi connectivity index (χ3n) is 4.03. The van der Waals surface area contributed by atoms with E-state index in [0.717, 1.165) is 21.1 Å². The molecule has 1 saturated heterocycles. The van der Waals surface area contributed by atoms with Crippen molar-refractivity contribution in [2.75, 3.05) is 13.7 Å². The molecular formula is C20H14BrCl2NO5S. The molecule has 2 aromatic carbocycles. The molecule has 0 unspecified atom stereocenters. The van der Waals surface area contributed by atoms with Crippen molar-refractivity contribution < 1.29 is 23.9 Å². The van der Waals surface area contributed by atoms with E-state index in [1.54, 1.807) is 42.5 Å². The standard InChI is InChI=1S/C20H14BrCl2NO5S/c1-28-18(25)10-29-16-5-3-13(21)7-12(16)8-17-19(26)24(20(27)30-17)9-11-2-4-14(22)15(23)6-11/h2-8H,9-10H2,1H3/b17-8+. The zero-order chi connectivity index (χ0) is 21.8. The van der Waals surface area contributed by atoms with Gasteiger partial charge in [-0.25, -0.2) is 4.79 Å². The Kier molecular flexibility index (Phi) is 7.46. The summed E-state index contributed by atoms with van der Waals surface area (Å²) in [5.41, 5.74) is 1.21. The van der Waals surface area contributed by atoms with Crippen molar-refractivity contribution in [3.63, 3.8) is 0 Å². The number of esters is 1. The Morgan fingerprint density at radius 3 is 2.63 bits per heavy atom. The van der Waals surface area contributed by atoms with E-state index in [0.29, 0.717) is 26.9 Å². The van der Waals surface area contributed by atoms with Gasteiger partial charge in [-0.3, -0.25) is 14.5 Å². The minimum absolute atomic E-state index is 0.0725. The van der Waals surface area contributed by atoms with Gasteiger partial charge in [-0.15, -0.1) is 0 Å². The number of carbonyl (C=O) groups excluding carboxylic acids is 3. The van der Waals surface area contributed by atoms with Crippen LogP contribution >= 0.6 is 50.9 Å². The Labute approximate surface area is 195 Å². The first-order valence-corrected chi connectivity index (χ1v) is 10.8. The molecule has 6 nitrogen and oxygen atoms in total. The molecule has 3 rings (SSSR count). The Morgan fingerprint density at radius 2 is 1.93 bits per heavy atom. The number of ether oxygens (including phenoxy) is 2. The lowest BCUT2D eigenvalue weighted by Gasteiger charge is -2.13. The van der Waals surface area contributed by atoms with E-state index in [-0.39, 0.29) is 18.1 Å². The highest BCUT2D eigenvalue weighted by Crippen LogP contribution is 2.36. The highest BCUT2D eigenvalue weighted by molar-refractivity contribution is 9.10. The smallest absolute Gasteiger partial charge is 0.343 e. The largest absolute Gasteiger partial charge is 0.481 e. The quantitative estimate of drug-likeness (QED) is 0.360. The topological polar surface area (TPSA) is 72.9 Å². The van der Waals surface area contributed by atoms with E-state index in [1.165, 1.54) is 7.11 Å². The minimum atomic E-state index is -0.536. The summed E-state index contributed by atoms with van der Waals surface area (Å²) >= 11 is 16.1. The van der Waals surface area contributed by atoms with Gasteiger partial charge < -0.3 is 9.47 Å². The summed E-state index contributed by atoms with van der Waals surface area (Å²) in [6.45, 7) is -0.207. The Hall–Kier alpha value is -2.00. The van der Waals surface area contributed by atoms with Crippen LogP contribution in [0.4, 0.5) is 4.79 Å². The van der Waals surface area contributed by atoms with Gasteiger partial charge in [-0.2, -0.15) is 0 Å². The number of rotatable bonds is 6. The zero-order valence-electron chi connectivity index (χ0n) is 15.5. The lowest BCUT2D eigenvalue weighted by molar-refractivity contribution is -0.142. The Balaban J connectivity index is 1.83. The van der Waals surface area contributed by atoms with Crippen molar-refractivity contribution in [3.05, 3.63) is 66.9 Å². The number of nitrogens with zero attached hydrogens (tertiary/aromatic N) is 1. The maximum atomic E-state index is 12.8. The number of methoxy groups -OCH3 is 1. The van der Waals surface area contributed by atoms with Gasteiger partial charge in [-0.1, -0.05) is 45.2 Å². The van der Waals surface area contributed by atoms with E-state index >= 15 is 0 Å². The Bertz CT molecular complexity index is 1060. The van der Waals surface area contributed by atoms with E-state index in [4.69, 9.17) is 27.9 Å². The lowest BCUT2D eigenvalue weighted by atomic mass is 10.1. The molecular weight excluding hydrogens is 517 g/mol. The van der Waals surface area contributed by atoms with Crippen LogP contribution in [0.3, 0.4) is 0 Å². The molecule has 10 heteroatoms. The predicted octanol–water partition coefficient (Wildman–Crippen LogP) is 5.54. The Morgan fingerprint density at radius 1 is 1.17 bits per heavy atom. The summed E-state index contributed by atoms with van der Waals surface area (Å²) < 4.78 is 10.8. The molecule has 156 valence electrons. The molecule has 1 aliphatic heterocycles. The molecule has 1 heterocycles. The maximum absolute atomic E-state index is 12.8. The van der Waals surface area contributed by atoms with E-state index in [2.05, 4.69) is 20.7 Å². The van der Waals surface area contributed by atoms with Crippen LogP contribution in [0, 0.1) is 0 Å². The fourth-order valence-corrected chi connectivity index (χ4v) is 4.09. The molecule has 0 saturated carbocycles. The molecule has 2 amide bonds. The van der Waals surface area contributed by atoms with Gasteiger partial charge in [0.05, 0.1) is 28.6 Å². The minimum Gasteiger partial charge on any atom is -0.481 e. The third-order valence-corrected chi connectivity index (χ3v) is 6.17. The molecule has 0 bridgehead atoms. The van der Waals surface area contributed by atoms with Crippen LogP contribution < -0.4 is 4.74 Å². The average Bonchev–Trinajstić information content (AvgIpc) is 2.97. The molecule has 0 atom stereocenters. The second-order valence-electron chi connectivity index (χ2n) is 6.06. The summed E-state index contributed by atoms with van der Waals surface area (Å²) in [4.78, 5) is 38.0. The summed E-state index contributed by atoms with van der Waals surface area (Å²) in [7, 11) is 1.26. The fraction of sp³-hybridized carbons (Fsp3) is 0.150. The molecule has 0 aromatic heterocycles. The predicted molar refractivity (Wildman–Crippen MR) is 120 cm³/mol. The van der Waals surface area contributed by atoms with Crippen LogP contribution in [0.5, 0.6) is 5.75 Å². The van der Waals surface area contributed by atoms with Gasteiger partial charge in [-0.05, 0) is 53.7 Å². The zero-order valence-corrected chi connectivity index (χ0v) is 19.4. The van der Waals surface area contributed by atoms with Crippen LogP contribution in [0.15, 0.2) is 45.8 Å². The summed E-state index contributed by atoms with van der Waals surface area (Å²) in [5, 5.41) is 0.339. The number of hydrogen-bond acceptors (Lipinski definition) is 6. The van der Waals surface area contributed by atoms with Crippen molar-refractivity contribution in [2.24, 2.45) is 0 Å². The summed E-state index contributed by atoms with van der Waals surface area (Å²) in [6, 6.07) is 10.0. The van der Waals surface area contributed by atoms with Crippen molar-refractivity contribution in [1.29, 1.82) is 0 Å². The number of imide groups is 1. The van der Waals surface area contributed by atoms with E-state index in [9.17, 15) is 14.4 Å². The van der Waals surface area contributed by atoms with Crippen LogP contribution in [-0.4, -0.2) is 35.7 Å². The molecule has 1 fully saturated rings. The normalized spacial score (nSPS) is 15.1. The third kappa shape index (κ3) is 5.37.